The summed E-state index contributed by atoms with van der Waals surface area (Å²) in [6.07, 6.45) is 9.78. The zero-order valence-corrected chi connectivity index (χ0v) is 48.9. The lowest BCUT2D eigenvalue weighted by molar-refractivity contribution is -0.386. The third kappa shape index (κ3) is 13.6. The van der Waals surface area contributed by atoms with Crippen LogP contribution in [0.1, 0.15) is 93.3 Å². The minimum Gasteiger partial charge on any atom is -0.461 e. The third-order valence-electron chi connectivity index (χ3n) is 16.3. The molecule has 0 heterocycles. The van der Waals surface area contributed by atoms with Gasteiger partial charge in [-0.2, -0.15) is 0 Å². The SMILES string of the molecule is O=C(CCCc1ccc2ccc3c4c2c1CC=C4CC=C3)OCc1cccc(COC(=O)CCCc2ccc3ccc4cccc5ccc2c3c45)c1NC(=O)OCc1ccccc1[N+](=O)[O-].O=C(Nc1c(CO)cccc1CO)OCc1ccccc1[N+](=O)[O-]. The predicted molar refractivity (Wildman–Crippen MR) is 343 cm³/mol. The van der Waals surface area contributed by atoms with Gasteiger partial charge in [0.1, 0.15) is 26.4 Å². The van der Waals surface area contributed by atoms with Crippen LogP contribution >= 0.6 is 0 Å². The average molecular weight is 1210 g/mol. The number of carbonyl (C=O) groups excluding carboxylic acids is 4. The Labute approximate surface area is 516 Å². The first-order valence-electron chi connectivity index (χ1n) is 29.5. The lowest BCUT2D eigenvalue weighted by Gasteiger charge is -2.25. The molecule has 0 unspecified atom stereocenters. The van der Waals surface area contributed by atoms with Gasteiger partial charge in [0, 0.05) is 47.2 Å². The molecular formula is C72H62N4O14. The zero-order valence-electron chi connectivity index (χ0n) is 48.9. The van der Waals surface area contributed by atoms with Gasteiger partial charge < -0.3 is 29.2 Å². The van der Waals surface area contributed by atoms with Crippen LogP contribution < -0.4 is 10.6 Å². The molecule has 2 aliphatic carbocycles. The number of rotatable bonds is 22. The van der Waals surface area contributed by atoms with E-state index < -0.39 is 28.0 Å². The number of nitro benzene ring substituents is 2. The van der Waals surface area contributed by atoms with Gasteiger partial charge in [0.15, 0.2) is 0 Å². The Hall–Kier alpha value is -10.8. The van der Waals surface area contributed by atoms with Crippen molar-refractivity contribution >= 4 is 102 Å². The minimum absolute atomic E-state index is 0.142. The van der Waals surface area contributed by atoms with Crippen LogP contribution in [0.5, 0.6) is 0 Å². The number of nitrogens with zero attached hydrogens (tertiary/aromatic N) is 2. The smallest absolute Gasteiger partial charge is 0.411 e. The molecule has 0 spiro atoms. The molecule has 454 valence electrons. The van der Waals surface area contributed by atoms with E-state index in [0.29, 0.717) is 41.5 Å². The first kappa shape index (κ1) is 60.9. The van der Waals surface area contributed by atoms with Crippen molar-refractivity contribution in [3.8, 4) is 0 Å². The highest BCUT2D eigenvalue weighted by Crippen LogP contribution is 2.42. The molecule has 2 aliphatic rings. The first-order chi connectivity index (χ1) is 43.8. The van der Waals surface area contributed by atoms with Gasteiger partial charge in [-0.05, 0) is 127 Å². The molecule has 90 heavy (non-hydrogen) atoms. The maximum Gasteiger partial charge on any atom is 0.411 e. The van der Waals surface area contributed by atoms with Gasteiger partial charge in [-0.1, -0.05) is 158 Å². The van der Waals surface area contributed by atoms with Gasteiger partial charge in [-0.15, -0.1) is 0 Å². The first-order valence-corrected chi connectivity index (χ1v) is 29.5. The van der Waals surface area contributed by atoms with Crippen molar-refractivity contribution in [3.05, 3.63) is 257 Å². The number of aliphatic hydroxyl groups is 2. The Balaban J connectivity index is 0.000000292. The normalized spacial score (nSPS) is 12.0. The van der Waals surface area contributed by atoms with E-state index in [-0.39, 0.29) is 92.3 Å². The molecule has 10 aromatic rings. The van der Waals surface area contributed by atoms with Crippen molar-refractivity contribution < 1.29 is 58.2 Å². The number of para-hydroxylation sites is 4. The number of benzene rings is 10. The van der Waals surface area contributed by atoms with Crippen LogP contribution in [-0.2, 0) is 87.4 Å². The summed E-state index contributed by atoms with van der Waals surface area (Å²) in [6, 6.07) is 49.9. The van der Waals surface area contributed by atoms with E-state index in [2.05, 4.69) is 108 Å². The van der Waals surface area contributed by atoms with Crippen LogP contribution in [0.3, 0.4) is 0 Å². The molecular weight excluding hydrogens is 1140 g/mol. The van der Waals surface area contributed by atoms with Crippen molar-refractivity contribution in [1.82, 2.24) is 0 Å². The van der Waals surface area contributed by atoms with Crippen molar-refractivity contribution in [2.24, 2.45) is 0 Å². The molecule has 0 bridgehead atoms. The number of carbonyl (C=O) groups is 4. The fourth-order valence-corrected chi connectivity index (χ4v) is 12.0. The molecule has 0 saturated heterocycles. The van der Waals surface area contributed by atoms with Gasteiger partial charge >= 0.3 is 24.1 Å². The van der Waals surface area contributed by atoms with E-state index in [1.54, 1.807) is 48.5 Å². The highest BCUT2D eigenvalue weighted by atomic mass is 16.6. The number of amides is 2. The molecule has 0 radical (unpaired) electrons. The fourth-order valence-electron chi connectivity index (χ4n) is 12.0. The van der Waals surface area contributed by atoms with Crippen LogP contribution in [-0.4, -0.2) is 44.2 Å². The number of esters is 2. The topological polar surface area (TPSA) is 256 Å². The van der Waals surface area contributed by atoms with Crippen LogP contribution in [0.15, 0.2) is 176 Å². The highest BCUT2D eigenvalue weighted by Gasteiger charge is 2.24. The Bertz CT molecular complexity index is 4440. The molecule has 0 aliphatic heterocycles. The molecule has 18 nitrogen and oxygen atoms in total. The lowest BCUT2D eigenvalue weighted by atomic mass is 9.79. The number of nitrogens with one attached hydrogen (secondary N) is 2. The summed E-state index contributed by atoms with van der Waals surface area (Å²) in [4.78, 5) is 73.1. The summed E-state index contributed by atoms with van der Waals surface area (Å²) in [5.74, 6) is -0.788. The monoisotopic (exact) mass is 1210 g/mol. The van der Waals surface area contributed by atoms with E-state index in [0.717, 1.165) is 24.8 Å². The number of aryl methyl sites for hydroxylation is 2. The van der Waals surface area contributed by atoms with Crippen molar-refractivity contribution in [1.29, 1.82) is 0 Å². The highest BCUT2D eigenvalue weighted by molar-refractivity contribution is 6.23. The average Bonchev–Trinajstić information content (AvgIpc) is 0.820. The van der Waals surface area contributed by atoms with Crippen LogP contribution in [0, 0.1) is 20.2 Å². The number of aliphatic hydroxyl groups excluding tert-OH is 2. The van der Waals surface area contributed by atoms with Crippen LogP contribution in [0.25, 0.3) is 54.7 Å². The second kappa shape index (κ2) is 27.9. The standard InChI is InChI=1S/C56H46N2O8.C16H16N2O6/c59-49(18-6-9-35-20-22-41-26-24-37-11-3-13-39-28-30-46(35)53(41)51(37)39)64-33-44-15-5-16-45(55(44)57-56(61)66-32-43-8-1-2-17-48(43)58(62)63)34-65-50(60)19-7-10-36-21-23-42-27-25-38-12-4-14-40-29-31-47(36)54(42)52(38)40;19-8-11-5-3-6-12(9-20)15(11)17-16(21)24-10-13-4-1-2-7-14(13)18(22)23/h1-5,8,11-13,15-17,20-30H,6-7,9-10,14,18-19,31-34H2,(H,57,61);1-7,19-20H,8-10H2,(H,17,21). The largest absolute Gasteiger partial charge is 0.461 e. The van der Waals surface area contributed by atoms with Gasteiger partial charge in [0.25, 0.3) is 11.4 Å². The van der Waals surface area contributed by atoms with Gasteiger partial charge in [-0.3, -0.25) is 40.5 Å². The van der Waals surface area contributed by atoms with Gasteiger partial charge in [-0.25, -0.2) is 9.59 Å². The molecule has 0 atom stereocenters. The molecule has 4 N–H and O–H groups in total. The number of hydrogen-bond donors (Lipinski definition) is 4. The minimum atomic E-state index is -0.883. The maximum atomic E-state index is 13.3. The Kier molecular flexibility index (Phi) is 18.9. The van der Waals surface area contributed by atoms with Crippen molar-refractivity contribution in [3.63, 3.8) is 0 Å². The Morgan fingerprint density at radius 2 is 0.911 bits per heavy atom. The van der Waals surface area contributed by atoms with E-state index in [9.17, 15) is 49.6 Å². The predicted octanol–water partition coefficient (Wildman–Crippen LogP) is 15.2. The Morgan fingerprint density at radius 3 is 1.49 bits per heavy atom. The summed E-state index contributed by atoms with van der Waals surface area (Å²) in [5.41, 5.74) is 10.1. The number of anilines is 2. The number of allylic oxidation sites excluding steroid dienone is 3. The van der Waals surface area contributed by atoms with Crippen molar-refractivity contribution in [2.45, 2.75) is 91.0 Å². The van der Waals surface area contributed by atoms with E-state index in [1.165, 1.54) is 107 Å². The van der Waals surface area contributed by atoms with Gasteiger partial charge in [0.05, 0.1) is 45.6 Å². The number of nitro groups is 2. The third-order valence-corrected chi connectivity index (χ3v) is 16.3. The summed E-state index contributed by atoms with van der Waals surface area (Å²) in [7, 11) is 0. The molecule has 2 amide bonds. The summed E-state index contributed by atoms with van der Waals surface area (Å²) >= 11 is 0. The fraction of sp³-hybridized carbons (Fsp3) is 0.194. The molecule has 0 fully saturated rings. The maximum absolute atomic E-state index is 13.3. The van der Waals surface area contributed by atoms with E-state index in [1.807, 2.05) is 0 Å². The van der Waals surface area contributed by atoms with Crippen LogP contribution in [0.2, 0.25) is 0 Å². The summed E-state index contributed by atoms with van der Waals surface area (Å²) in [5, 5.41) is 56.1. The van der Waals surface area contributed by atoms with Crippen LogP contribution in [0.4, 0.5) is 32.3 Å². The number of hydrogen-bond acceptors (Lipinski definition) is 14. The van der Waals surface area contributed by atoms with E-state index in [4.69, 9.17) is 18.9 Å². The lowest BCUT2D eigenvalue weighted by Crippen LogP contribution is -2.18. The second-order valence-electron chi connectivity index (χ2n) is 21.9. The molecule has 0 aromatic heterocycles. The quantitative estimate of drug-likeness (QED) is 0.0162. The van der Waals surface area contributed by atoms with E-state index >= 15 is 0 Å². The van der Waals surface area contributed by atoms with Gasteiger partial charge in [0.2, 0.25) is 0 Å². The Morgan fingerprint density at radius 1 is 0.456 bits per heavy atom. The molecule has 18 heteroatoms. The second-order valence-corrected chi connectivity index (χ2v) is 21.9. The molecule has 10 aromatic carbocycles. The molecule has 12 rings (SSSR count). The number of ether oxygens (including phenoxy) is 4. The van der Waals surface area contributed by atoms with Crippen molar-refractivity contribution in [2.75, 3.05) is 10.6 Å². The molecule has 0 saturated carbocycles. The zero-order chi connectivity index (χ0) is 62.7. The summed E-state index contributed by atoms with van der Waals surface area (Å²) < 4.78 is 22.0. The summed E-state index contributed by atoms with van der Waals surface area (Å²) in [6.45, 7) is -1.61.